The Morgan fingerprint density at radius 3 is 2.67 bits per heavy atom. The third-order valence-corrected chi connectivity index (χ3v) is 4.85. The zero-order valence-corrected chi connectivity index (χ0v) is 15.3. The van der Waals surface area contributed by atoms with Crippen LogP contribution in [0, 0.1) is 0 Å². The molecule has 1 heterocycles. The van der Waals surface area contributed by atoms with Gasteiger partial charge >= 0.3 is 0 Å². The first-order valence-electron chi connectivity index (χ1n) is 9.25. The van der Waals surface area contributed by atoms with Gasteiger partial charge in [0, 0.05) is 17.1 Å². The molecule has 1 saturated carbocycles. The number of rotatable bonds is 5. The summed E-state index contributed by atoms with van der Waals surface area (Å²) in [6.45, 7) is 0. The number of benzene rings is 2. The van der Waals surface area contributed by atoms with Crippen LogP contribution in [0.2, 0.25) is 0 Å². The maximum absolute atomic E-state index is 12.6. The van der Waals surface area contributed by atoms with Gasteiger partial charge in [0.1, 0.15) is 5.69 Å². The van der Waals surface area contributed by atoms with Gasteiger partial charge in [-0.05, 0) is 49.9 Å². The van der Waals surface area contributed by atoms with Crippen molar-refractivity contribution in [1.82, 2.24) is 4.98 Å². The van der Waals surface area contributed by atoms with Gasteiger partial charge in [-0.1, -0.05) is 24.3 Å². The number of anilines is 1. The Hall–Kier alpha value is -3.08. The Labute approximate surface area is 158 Å². The maximum atomic E-state index is 12.6. The van der Waals surface area contributed by atoms with Gasteiger partial charge in [0.15, 0.2) is 11.5 Å². The molecular weight excluding hydrogens is 340 g/mol. The highest BCUT2D eigenvalue weighted by Gasteiger charge is 2.19. The molecule has 0 atom stereocenters. The van der Waals surface area contributed by atoms with Crippen molar-refractivity contribution < 1.29 is 14.3 Å². The molecule has 1 fully saturated rings. The summed E-state index contributed by atoms with van der Waals surface area (Å²) < 4.78 is 11.5. The number of hydrogen-bond donors (Lipinski definition) is 1. The van der Waals surface area contributed by atoms with Crippen molar-refractivity contribution >= 4 is 22.5 Å². The molecule has 2 aromatic carbocycles. The Morgan fingerprint density at radius 2 is 1.85 bits per heavy atom. The smallest absolute Gasteiger partial charge is 0.274 e. The lowest BCUT2D eigenvalue weighted by molar-refractivity contribution is 0.102. The van der Waals surface area contributed by atoms with Gasteiger partial charge < -0.3 is 14.8 Å². The van der Waals surface area contributed by atoms with E-state index in [0.29, 0.717) is 22.9 Å². The highest BCUT2D eigenvalue weighted by molar-refractivity contribution is 6.04. The van der Waals surface area contributed by atoms with E-state index in [4.69, 9.17) is 9.47 Å². The predicted molar refractivity (Wildman–Crippen MR) is 106 cm³/mol. The fourth-order valence-corrected chi connectivity index (χ4v) is 3.42. The van der Waals surface area contributed by atoms with Crippen LogP contribution >= 0.6 is 0 Å². The molecule has 0 saturated heterocycles. The topological polar surface area (TPSA) is 60.5 Å². The molecule has 138 valence electrons. The number of nitrogens with one attached hydrogen (secondary N) is 1. The van der Waals surface area contributed by atoms with Crippen LogP contribution in [0.15, 0.2) is 54.6 Å². The minimum absolute atomic E-state index is 0.215. The molecule has 1 aromatic heterocycles. The molecule has 1 N–H and O–H groups in total. The van der Waals surface area contributed by atoms with E-state index in [0.717, 1.165) is 23.7 Å². The van der Waals surface area contributed by atoms with Crippen LogP contribution in [0.5, 0.6) is 11.5 Å². The quantitative estimate of drug-likeness (QED) is 0.707. The molecule has 0 aliphatic heterocycles. The van der Waals surface area contributed by atoms with Crippen LogP contribution in [0.25, 0.3) is 10.9 Å². The third kappa shape index (κ3) is 3.87. The number of pyridine rings is 1. The number of amides is 1. The molecule has 4 rings (SSSR count). The predicted octanol–water partition coefficient (Wildman–Crippen LogP) is 4.82. The van der Waals surface area contributed by atoms with Gasteiger partial charge in [0.25, 0.3) is 5.91 Å². The number of para-hydroxylation sites is 1. The molecule has 5 heteroatoms. The average Bonchev–Trinajstić information content (AvgIpc) is 3.21. The molecule has 1 aliphatic rings. The lowest BCUT2D eigenvalue weighted by Crippen LogP contribution is -2.15. The van der Waals surface area contributed by atoms with E-state index in [1.54, 1.807) is 19.2 Å². The van der Waals surface area contributed by atoms with Crippen molar-refractivity contribution in [3.63, 3.8) is 0 Å². The number of ether oxygens (including phenoxy) is 2. The Morgan fingerprint density at radius 1 is 1.04 bits per heavy atom. The molecular formula is C22H22N2O3. The zero-order valence-electron chi connectivity index (χ0n) is 15.3. The molecule has 1 aliphatic carbocycles. The van der Waals surface area contributed by atoms with Gasteiger partial charge in [0.05, 0.1) is 18.7 Å². The molecule has 1 amide bonds. The number of methoxy groups -OCH3 is 1. The van der Waals surface area contributed by atoms with Crippen molar-refractivity contribution in [2.24, 2.45) is 0 Å². The number of fused-ring (bicyclic) bond motifs is 1. The van der Waals surface area contributed by atoms with E-state index in [1.807, 2.05) is 42.5 Å². The van der Waals surface area contributed by atoms with E-state index >= 15 is 0 Å². The molecule has 0 bridgehead atoms. The van der Waals surface area contributed by atoms with Crippen molar-refractivity contribution in [3.05, 3.63) is 60.3 Å². The Bertz CT molecular complexity index is 965. The van der Waals surface area contributed by atoms with E-state index in [9.17, 15) is 4.79 Å². The summed E-state index contributed by atoms with van der Waals surface area (Å²) in [4.78, 5) is 17.1. The molecule has 0 radical (unpaired) electrons. The second-order valence-electron chi connectivity index (χ2n) is 6.73. The zero-order chi connectivity index (χ0) is 18.6. The molecule has 0 spiro atoms. The third-order valence-electron chi connectivity index (χ3n) is 4.85. The van der Waals surface area contributed by atoms with Crippen molar-refractivity contribution in [2.75, 3.05) is 12.4 Å². The molecule has 3 aromatic rings. The minimum Gasteiger partial charge on any atom is -0.493 e. The van der Waals surface area contributed by atoms with Gasteiger partial charge in [-0.25, -0.2) is 4.98 Å². The van der Waals surface area contributed by atoms with Gasteiger partial charge in [-0.15, -0.1) is 0 Å². The summed E-state index contributed by atoms with van der Waals surface area (Å²) in [5.74, 6) is 1.08. The van der Waals surface area contributed by atoms with Crippen molar-refractivity contribution in [1.29, 1.82) is 0 Å². The highest BCUT2D eigenvalue weighted by atomic mass is 16.5. The first-order chi connectivity index (χ1) is 13.2. The summed E-state index contributed by atoms with van der Waals surface area (Å²) in [5, 5.41) is 3.91. The fraction of sp³-hybridized carbons (Fsp3) is 0.273. The maximum Gasteiger partial charge on any atom is 0.274 e. The van der Waals surface area contributed by atoms with E-state index in [-0.39, 0.29) is 12.0 Å². The Balaban J connectivity index is 1.54. The largest absolute Gasteiger partial charge is 0.493 e. The van der Waals surface area contributed by atoms with Crippen LogP contribution in [0.4, 0.5) is 5.69 Å². The lowest BCUT2D eigenvalue weighted by atomic mass is 10.2. The van der Waals surface area contributed by atoms with Crippen molar-refractivity contribution in [3.8, 4) is 11.5 Å². The second kappa shape index (κ2) is 7.66. The van der Waals surface area contributed by atoms with E-state index < -0.39 is 0 Å². The monoisotopic (exact) mass is 362 g/mol. The van der Waals surface area contributed by atoms with Crippen molar-refractivity contribution in [2.45, 2.75) is 31.8 Å². The van der Waals surface area contributed by atoms with Gasteiger partial charge in [0.2, 0.25) is 0 Å². The number of nitrogens with zero attached hydrogens (tertiary/aromatic N) is 1. The average molecular weight is 362 g/mol. The molecule has 0 unspecified atom stereocenters. The van der Waals surface area contributed by atoms with Gasteiger partial charge in [-0.2, -0.15) is 0 Å². The molecule has 27 heavy (non-hydrogen) atoms. The summed E-state index contributed by atoms with van der Waals surface area (Å²) >= 11 is 0. The van der Waals surface area contributed by atoms with Crippen LogP contribution < -0.4 is 14.8 Å². The van der Waals surface area contributed by atoms with E-state index in [2.05, 4.69) is 10.3 Å². The highest BCUT2D eigenvalue weighted by Crippen LogP contribution is 2.34. The van der Waals surface area contributed by atoms with Gasteiger partial charge in [-0.3, -0.25) is 4.79 Å². The SMILES string of the molecule is COc1ccc(NC(=O)c2ccc3ccccc3n2)cc1OC1CCCC1. The van der Waals surface area contributed by atoms with Crippen LogP contribution in [-0.2, 0) is 0 Å². The lowest BCUT2D eigenvalue weighted by Gasteiger charge is -2.17. The number of carbonyl (C=O) groups excluding carboxylic acids is 1. The summed E-state index contributed by atoms with van der Waals surface area (Å²) in [6.07, 6.45) is 4.71. The fourth-order valence-electron chi connectivity index (χ4n) is 3.42. The minimum atomic E-state index is -0.252. The summed E-state index contributed by atoms with van der Waals surface area (Å²) in [7, 11) is 1.62. The van der Waals surface area contributed by atoms with Crippen LogP contribution in [0.1, 0.15) is 36.2 Å². The normalized spacial score (nSPS) is 14.3. The van der Waals surface area contributed by atoms with E-state index in [1.165, 1.54) is 12.8 Å². The van der Waals surface area contributed by atoms with Crippen LogP contribution in [0.3, 0.4) is 0 Å². The number of carbonyl (C=O) groups is 1. The Kier molecular flexibility index (Phi) is 4.92. The number of aromatic nitrogens is 1. The summed E-state index contributed by atoms with van der Waals surface area (Å²) in [5.41, 5.74) is 1.83. The standard InChI is InChI=1S/C22H22N2O3/c1-26-20-13-11-16(14-21(20)27-17-7-3-4-8-17)23-22(25)19-12-10-15-6-2-5-9-18(15)24-19/h2,5-6,9-14,17H,3-4,7-8H2,1H3,(H,23,25). The first-order valence-corrected chi connectivity index (χ1v) is 9.25. The second-order valence-corrected chi connectivity index (χ2v) is 6.73. The molecule has 5 nitrogen and oxygen atoms in total. The number of hydrogen-bond acceptors (Lipinski definition) is 4. The first kappa shape index (κ1) is 17.3. The summed E-state index contributed by atoms with van der Waals surface area (Å²) in [6, 6.07) is 16.8. The van der Waals surface area contributed by atoms with Crippen LogP contribution in [-0.4, -0.2) is 24.1 Å².